The van der Waals surface area contributed by atoms with Crippen LogP contribution in [0.5, 0.6) is 0 Å². The zero-order valence-electron chi connectivity index (χ0n) is 9.62. The molecule has 1 heterocycles. The van der Waals surface area contributed by atoms with Crippen LogP contribution in [0.25, 0.3) is 5.57 Å². The van der Waals surface area contributed by atoms with Crippen LogP contribution in [0, 0.1) is 5.41 Å². The molecule has 78 valence electrons. The van der Waals surface area contributed by atoms with E-state index in [1.807, 2.05) is 6.21 Å². The quantitative estimate of drug-likeness (QED) is 0.655. The first kappa shape index (κ1) is 10.2. The molecule has 15 heavy (non-hydrogen) atoms. The van der Waals surface area contributed by atoms with Crippen molar-refractivity contribution < 1.29 is 0 Å². The van der Waals surface area contributed by atoms with Gasteiger partial charge in [-0.2, -0.15) is 0 Å². The van der Waals surface area contributed by atoms with Gasteiger partial charge in [-0.25, -0.2) is 0 Å². The van der Waals surface area contributed by atoms with E-state index >= 15 is 0 Å². The van der Waals surface area contributed by atoms with E-state index in [-0.39, 0.29) is 5.41 Å². The second-order valence-electron chi connectivity index (χ2n) is 4.98. The molecule has 0 N–H and O–H groups in total. The van der Waals surface area contributed by atoms with Gasteiger partial charge in [-0.3, -0.25) is 4.99 Å². The number of aliphatic imine (C=N–C) groups is 1. The topological polar surface area (TPSA) is 12.4 Å². The molecular weight excluding hydrogens is 182 g/mol. The standard InChI is InChI=1S/C14H17N/c1-14(2,3)13-10-15-9-12(13)11-7-5-4-6-8-11/h4-8,10H,9H2,1-3H3. The molecule has 0 saturated heterocycles. The molecule has 0 unspecified atom stereocenters. The van der Waals surface area contributed by atoms with E-state index in [2.05, 4.69) is 56.1 Å². The van der Waals surface area contributed by atoms with Gasteiger partial charge in [0.1, 0.15) is 0 Å². The molecule has 1 aromatic rings. The minimum absolute atomic E-state index is 0.186. The summed E-state index contributed by atoms with van der Waals surface area (Å²) < 4.78 is 0. The largest absolute Gasteiger partial charge is 0.288 e. The molecule has 0 saturated carbocycles. The van der Waals surface area contributed by atoms with E-state index in [0.29, 0.717) is 0 Å². The second-order valence-corrected chi connectivity index (χ2v) is 4.98. The van der Waals surface area contributed by atoms with Gasteiger partial charge in [0.15, 0.2) is 0 Å². The summed E-state index contributed by atoms with van der Waals surface area (Å²) in [6.45, 7) is 7.55. The number of hydrogen-bond donors (Lipinski definition) is 0. The Labute approximate surface area is 91.6 Å². The van der Waals surface area contributed by atoms with Crippen molar-refractivity contribution in [2.24, 2.45) is 10.4 Å². The molecule has 1 aliphatic rings. The summed E-state index contributed by atoms with van der Waals surface area (Å²) in [6.07, 6.45) is 2.03. The maximum atomic E-state index is 4.39. The monoisotopic (exact) mass is 199 g/mol. The van der Waals surface area contributed by atoms with Crippen LogP contribution in [0.3, 0.4) is 0 Å². The van der Waals surface area contributed by atoms with Crippen molar-refractivity contribution in [3.63, 3.8) is 0 Å². The van der Waals surface area contributed by atoms with E-state index in [9.17, 15) is 0 Å². The van der Waals surface area contributed by atoms with Crippen LogP contribution >= 0.6 is 0 Å². The summed E-state index contributed by atoms with van der Waals surface area (Å²) in [5.41, 5.74) is 4.24. The SMILES string of the molecule is CC(C)(C)C1=C(c2ccccc2)CN=C1. The normalized spacial score (nSPS) is 16.2. The maximum absolute atomic E-state index is 4.39. The Bertz CT molecular complexity index is 405. The highest BCUT2D eigenvalue weighted by atomic mass is 14.7. The Balaban J connectivity index is 2.46. The van der Waals surface area contributed by atoms with Crippen LogP contribution in [0.2, 0.25) is 0 Å². The van der Waals surface area contributed by atoms with Crippen LogP contribution in [0.4, 0.5) is 0 Å². The lowest BCUT2D eigenvalue weighted by molar-refractivity contribution is 0.529. The molecule has 1 aliphatic heterocycles. The van der Waals surface area contributed by atoms with Crippen LogP contribution in [0.1, 0.15) is 26.3 Å². The fourth-order valence-electron chi connectivity index (χ4n) is 1.92. The van der Waals surface area contributed by atoms with Gasteiger partial charge in [0.05, 0.1) is 6.54 Å². The minimum Gasteiger partial charge on any atom is -0.288 e. The van der Waals surface area contributed by atoms with Crippen molar-refractivity contribution in [1.82, 2.24) is 0 Å². The number of rotatable bonds is 1. The van der Waals surface area contributed by atoms with E-state index in [4.69, 9.17) is 0 Å². The number of nitrogens with zero attached hydrogens (tertiary/aromatic N) is 1. The lowest BCUT2D eigenvalue weighted by Gasteiger charge is -2.20. The van der Waals surface area contributed by atoms with Crippen molar-refractivity contribution in [1.29, 1.82) is 0 Å². The predicted octanol–water partition coefficient (Wildman–Crippen LogP) is 3.57. The summed E-state index contributed by atoms with van der Waals surface area (Å²) >= 11 is 0. The highest BCUT2D eigenvalue weighted by Crippen LogP contribution is 2.34. The second kappa shape index (κ2) is 3.65. The molecule has 1 heteroatoms. The molecule has 0 aromatic heterocycles. The van der Waals surface area contributed by atoms with Crippen LogP contribution in [0.15, 0.2) is 40.9 Å². The Kier molecular flexibility index (Phi) is 2.47. The van der Waals surface area contributed by atoms with Crippen LogP contribution in [-0.4, -0.2) is 12.8 Å². The molecule has 0 bridgehead atoms. The summed E-state index contributed by atoms with van der Waals surface area (Å²) in [4.78, 5) is 4.39. The van der Waals surface area contributed by atoms with Crippen molar-refractivity contribution in [2.75, 3.05) is 6.54 Å². The highest BCUT2D eigenvalue weighted by molar-refractivity contribution is 5.96. The number of allylic oxidation sites excluding steroid dienone is 1. The third-order valence-corrected chi connectivity index (χ3v) is 2.73. The highest BCUT2D eigenvalue weighted by Gasteiger charge is 2.23. The fraction of sp³-hybridized carbons (Fsp3) is 0.357. The summed E-state index contributed by atoms with van der Waals surface area (Å²) in [5, 5.41) is 0. The van der Waals surface area contributed by atoms with Gasteiger partial charge >= 0.3 is 0 Å². The Morgan fingerprint density at radius 3 is 2.33 bits per heavy atom. The van der Waals surface area contributed by atoms with E-state index in [1.54, 1.807) is 0 Å². The lowest BCUT2D eigenvalue weighted by atomic mass is 9.83. The molecular formula is C14H17N. The van der Waals surface area contributed by atoms with E-state index < -0.39 is 0 Å². The molecule has 1 aromatic carbocycles. The minimum atomic E-state index is 0.186. The van der Waals surface area contributed by atoms with Crippen molar-refractivity contribution >= 4 is 11.8 Å². The Morgan fingerprint density at radius 2 is 1.73 bits per heavy atom. The smallest absolute Gasteiger partial charge is 0.0649 e. The molecule has 1 nitrogen and oxygen atoms in total. The number of benzene rings is 1. The molecule has 0 amide bonds. The van der Waals surface area contributed by atoms with Crippen molar-refractivity contribution in [3.8, 4) is 0 Å². The molecule has 0 spiro atoms. The molecule has 2 rings (SSSR count). The van der Waals surface area contributed by atoms with Gasteiger partial charge in [-0.15, -0.1) is 0 Å². The fourth-order valence-corrected chi connectivity index (χ4v) is 1.92. The van der Waals surface area contributed by atoms with Gasteiger partial charge in [0.25, 0.3) is 0 Å². The zero-order chi connectivity index (χ0) is 10.9. The maximum Gasteiger partial charge on any atom is 0.0649 e. The summed E-state index contributed by atoms with van der Waals surface area (Å²) in [7, 11) is 0. The average molecular weight is 199 g/mol. The van der Waals surface area contributed by atoms with Gasteiger partial charge in [0, 0.05) is 6.21 Å². The summed E-state index contributed by atoms with van der Waals surface area (Å²) in [6, 6.07) is 10.5. The first-order valence-corrected chi connectivity index (χ1v) is 5.38. The van der Waals surface area contributed by atoms with Gasteiger partial charge in [-0.1, -0.05) is 51.1 Å². The first-order valence-electron chi connectivity index (χ1n) is 5.38. The third-order valence-electron chi connectivity index (χ3n) is 2.73. The average Bonchev–Trinajstić information content (AvgIpc) is 2.67. The molecule has 0 radical (unpaired) electrons. The number of hydrogen-bond acceptors (Lipinski definition) is 1. The molecule has 0 atom stereocenters. The van der Waals surface area contributed by atoms with Gasteiger partial charge < -0.3 is 0 Å². The molecule has 0 aliphatic carbocycles. The van der Waals surface area contributed by atoms with Gasteiger partial charge in [-0.05, 0) is 22.1 Å². The Hall–Kier alpha value is -1.37. The summed E-state index contributed by atoms with van der Waals surface area (Å²) in [5.74, 6) is 0. The van der Waals surface area contributed by atoms with Crippen molar-refractivity contribution in [2.45, 2.75) is 20.8 Å². The van der Waals surface area contributed by atoms with Crippen LogP contribution < -0.4 is 0 Å². The van der Waals surface area contributed by atoms with Gasteiger partial charge in [0.2, 0.25) is 0 Å². The van der Waals surface area contributed by atoms with Crippen molar-refractivity contribution in [3.05, 3.63) is 41.5 Å². The zero-order valence-corrected chi connectivity index (χ0v) is 9.62. The first-order chi connectivity index (χ1) is 7.09. The van der Waals surface area contributed by atoms with E-state index in [0.717, 1.165) is 6.54 Å². The van der Waals surface area contributed by atoms with E-state index in [1.165, 1.54) is 16.7 Å². The van der Waals surface area contributed by atoms with Crippen LogP contribution in [-0.2, 0) is 0 Å². The predicted molar refractivity (Wildman–Crippen MR) is 66.2 cm³/mol. The third kappa shape index (κ3) is 2.01. The molecule has 0 fully saturated rings. The lowest BCUT2D eigenvalue weighted by Crippen LogP contribution is -2.11. The Morgan fingerprint density at radius 1 is 1.07 bits per heavy atom.